The Morgan fingerprint density at radius 2 is 1.65 bits per heavy atom. The number of benzene rings is 3. The first-order valence-corrected chi connectivity index (χ1v) is 15.5. The maximum atomic E-state index is 13.1. The van der Waals surface area contributed by atoms with Crippen LogP contribution in [0.2, 0.25) is 0 Å². The average Bonchev–Trinajstić information content (AvgIpc) is 3.20. The van der Waals surface area contributed by atoms with E-state index in [4.69, 9.17) is 0 Å². The van der Waals surface area contributed by atoms with Crippen LogP contribution in [0.4, 0.5) is 5.69 Å². The second-order valence-corrected chi connectivity index (χ2v) is 12.6. The van der Waals surface area contributed by atoms with E-state index in [2.05, 4.69) is 10.0 Å². The summed E-state index contributed by atoms with van der Waals surface area (Å²) < 4.78 is 55.3. The highest BCUT2D eigenvalue weighted by Gasteiger charge is 2.35. The lowest BCUT2D eigenvalue weighted by atomic mass is 10.0. The van der Waals surface area contributed by atoms with Gasteiger partial charge in [0.05, 0.1) is 10.6 Å². The molecule has 0 radical (unpaired) electrons. The van der Waals surface area contributed by atoms with Crippen LogP contribution in [0, 0.1) is 0 Å². The molecule has 212 valence electrons. The topological polar surface area (TPSA) is 162 Å². The summed E-state index contributed by atoms with van der Waals surface area (Å²) in [7, 11) is -8.19. The Hall–Kier alpha value is -3.94. The standard InChI is InChI=1S/C27H30N4O7S2/c32-25-18-21(14-15-24(25)31-19-26(33)30-40(31,37)38)17-23(29-39(35,36)22-12-5-2-6-13-22)27(34)28-16-8-7-11-20-9-3-1-4-10-20/h1-6,9-10,12-15,18,23,29,32H,7-8,11,16-17,19H2,(H,28,34)(H,30,33)/t23-/m1/s1. The normalized spacial score (nSPS) is 15.4. The summed E-state index contributed by atoms with van der Waals surface area (Å²) in [6.07, 6.45) is 2.24. The highest BCUT2D eigenvalue weighted by molar-refractivity contribution is 7.92. The zero-order valence-electron chi connectivity index (χ0n) is 21.5. The summed E-state index contributed by atoms with van der Waals surface area (Å²) in [6.45, 7) is -0.144. The largest absolute Gasteiger partial charge is 0.506 e. The van der Waals surface area contributed by atoms with Gasteiger partial charge in [0.1, 0.15) is 18.3 Å². The molecule has 1 saturated heterocycles. The second-order valence-electron chi connectivity index (χ2n) is 9.28. The third-order valence-electron chi connectivity index (χ3n) is 6.27. The molecule has 0 aromatic heterocycles. The van der Waals surface area contributed by atoms with E-state index in [1.165, 1.54) is 35.9 Å². The van der Waals surface area contributed by atoms with Gasteiger partial charge < -0.3 is 10.4 Å². The van der Waals surface area contributed by atoms with Crippen LogP contribution in [-0.4, -0.2) is 52.9 Å². The van der Waals surface area contributed by atoms with Gasteiger partial charge >= 0.3 is 10.2 Å². The van der Waals surface area contributed by atoms with Gasteiger partial charge in [-0.1, -0.05) is 54.6 Å². The van der Waals surface area contributed by atoms with Crippen LogP contribution >= 0.6 is 0 Å². The van der Waals surface area contributed by atoms with Gasteiger partial charge in [-0.05, 0) is 61.1 Å². The number of aryl methyl sites for hydroxylation is 1. The van der Waals surface area contributed by atoms with Crippen LogP contribution in [0.5, 0.6) is 5.75 Å². The van der Waals surface area contributed by atoms with Crippen molar-refractivity contribution in [3.8, 4) is 5.75 Å². The first-order chi connectivity index (χ1) is 19.0. The van der Waals surface area contributed by atoms with Crippen molar-refractivity contribution in [3.05, 3.63) is 90.0 Å². The van der Waals surface area contributed by atoms with Crippen LogP contribution in [0.25, 0.3) is 0 Å². The Morgan fingerprint density at radius 1 is 0.975 bits per heavy atom. The van der Waals surface area contributed by atoms with E-state index in [-0.39, 0.29) is 17.0 Å². The van der Waals surface area contributed by atoms with Crippen LogP contribution < -0.4 is 19.1 Å². The van der Waals surface area contributed by atoms with Gasteiger partial charge in [-0.25, -0.2) is 17.4 Å². The van der Waals surface area contributed by atoms with Crippen molar-refractivity contribution in [2.45, 2.75) is 36.6 Å². The number of carbonyl (C=O) groups is 2. The van der Waals surface area contributed by atoms with Gasteiger partial charge in [-0.3, -0.25) is 9.59 Å². The maximum absolute atomic E-state index is 13.1. The predicted molar refractivity (Wildman–Crippen MR) is 149 cm³/mol. The van der Waals surface area contributed by atoms with E-state index in [1.807, 2.05) is 35.1 Å². The fourth-order valence-electron chi connectivity index (χ4n) is 4.28. The molecule has 0 unspecified atom stereocenters. The van der Waals surface area contributed by atoms with Gasteiger partial charge in [0, 0.05) is 6.54 Å². The molecule has 2 amide bonds. The zero-order valence-corrected chi connectivity index (χ0v) is 23.1. The third-order valence-corrected chi connectivity index (χ3v) is 9.15. The van der Waals surface area contributed by atoms with Gasteiger partial charge in [-0.15, -0.1) is 0 Å². The lowest BCUT2D eigenvalue weighted by Crippen LogP contribution is -2.48. The zero-order chi connectivity index (χ0) is 28.8. The summed E-state index contributed by atoms with van der Waals surface area (Å²) in [4.78, 5) is 24.7. The van der Waals surface area contributed by atoms with E-state index in [1.54, 1.807) is 18.2 Å². The molecule has 1 fully saturated rings. The number of phenolic OH excluding ortho intramolecular Hbond substituents is 1. The molecule has 0 bridgehead atoms. The van der Waals surface area contributed by atoms with Crippen molar-refractivity contribution in [2.75, 3.05) is 17.4 Å². The Kier molecular flexibility index (Phi) is 9.07. The Labute approximate surface area is 233 Å². The molecule has 13 heteroatoms. The van der Waals surface area contributed by atoms with Crippen molar-refractivity contribution in [1.29, 1.82) is 0 Å². The third kappa shape index (κ3) is 7.37. The van der Waals surface area contributed by atoms with Crippen LogP contribution in [-0.2, 0) is 42.7 Å². The highest BCUT2D eigenvalue weighted by atomic mass is 32.2. The molecule has 40 heavy (non-hydrogen) atoms. The number of sulfonamides is 1. The van der Waals surface area contributed by atoms with Crippen molar-refractivity contribution in [2.24, 2.45) is 0 Å². The second kappa shape index (κ2) is 12.5. The Balaban J connectivity index is 1.47. The minimum absolute atomic E-state index is 0.00902. The molecule has 1 aliphatic rings. The number of rotatable bonds is 12. The van der Waals surface area contributed by atoms with Crippen molar-refractivity contribution in [1.82, 2.24) is 14.8 Å². The van der Waals surface area contributed by atoms with E-state index in [0.29, 0.717) is 18.5 Å². The van der Waals surface area contributed by atoms with Gasteiger partial charge in [0.2, 0.25) is 15.9 Å². The maximum Gasteiger partial charge on any atom is 0.326 e. The lowest BCUT2D eigenvalue weighted by molar-refractivity contribution is -0.122. The summed E-state index contributed by atoms with van der Waals surface area (Å²) in [6, 6.07) is 20.3. The Bertz CT molecular complexity index is 1560. The lowest BCUT2D eigenvalue weighted by Gasteiger charge is -2.20. The quantitative estimate of drug-likeness (QED) is 0.234. The van der Waals surface area contributed by atoms with E-state index >= 15 is 0 Å². The molecule has 4 N–H and O–H groups in total. The van der Waals surface area contributed by atoms with E-state index in [9.17, 15) is 31.5 Å². The first-order valence-electron chi connectivity index (χ1n) is 12.6. The molecule has 4 rings (SSSR count). The van der Waals surface area contributed by atoms with Crippen molar-refractivity contribution >= 4 is 37.7 Å². The SMILES string of the molecule is O=C1CN(c2ccc(C[C@@H](NS(=O)(=O)c3ccccc3)C(=O)NCCCCc3ccccc3)cc2O)S(=O)(=O)N1. The fraction of sp³-hybridized carbons (Fsp3) is 0.259. The monoisotopic (exact) mass is 586 g/mol. The van der Waals surface area contributed by atoms with Crippen molar-refractivity contribution in [3.63, 3.8) is 0 Å². The van der Waals surface area contributed by atoms with Crippen molar-refractivity contribution < 1.29 is 31.5 Å². The number of phenols is 1. The van der Waals surface area contributed by atoms with Crippen LogP contribution in [0.1, 0.15) is 24.0 Å². The van der Waals surface area contributed by atoms with E-state index < -0.39 is 50.4 Å². The van der Waals surface area contributed by atoms with Gasteiger partial charge in [0.25, 0.3) is 5.91 Å². The fourth-order valence-corrected chi connectivity index (χ4v) is 6.66. The minimum atomic E-state index is -4.13. The summed E-state index contributed by atoms with van der Waals surface area (Å²) in [5.41, 5.74) is 1.44. The number of amides is 2. The molecule has 0 saturated carbocycles. The molecular weight excluding hydrogens is 556 g/mol. The smallest absolute Gasteiger partial charge is 0.326 e. The number of unbranched alkanes of at least 4 members (excludes halogenated alkanes) is 1. The van der Waals surface area contributed by atoms with Crippen LogP contribution in [0.3, 0.4) is 0 Å². The molecule has 0 spiro atoms. The Morgan fingerprint density at radius 3 is 2.27 bits per heavy atom. The molecular formula is C27H30N4O7S2. The highest BCUT2D eigenvalue weighted by Crippen LogP contribution is 2.31. The minimum Gasteiger partial charge on any atom is -0.506 e. The van der Waals surface area contributed by atoms with Crippen LogP contribution in [0.15, 0.2) is 83.8 Å². The van der Waals surface area contributed by atoms with Gasteiger partial charge in [0.15, 0.2) is 0 Å². The molecule has 3 aromatic carbocycles. The predicted octanol–water partition coefficient (Wildman–Crippen LogP) is 1.60. The number of nitrogens with zero attached hydrogens (tertiary/aromatic N) is 1. The summed E-state index contributed by atoms with van der Waals surface area (Å²) >= 11 is 0. The first kappa shape index (κ1) is 29.1. The number of carbonyl (C=O) groups excluding carboxylic acids is 2. The molecule has 0 aliphatic carbocycles. The number of hydrogen-bond donors (Lipinski definition) is 4. The molecule has 1 atom stereocenters. The number of nitrogens with one attached hydrogen (secondary N) is 3. The van der Waals surface area contributed by atoms with E-state index in [0.717, 1.165) is 17.1 Å². The summed E-state index contributed by atoms with van der Waals surface area (Å²) in [5.74, 6) is -1.72. The number of anilines is 1. The average molecular weight is 587 g/mol. The molecule has 1 aliphatic heterocycles. The molecule has 11 nitrogen and oxygen atoms in total. The molecule has 1 heterocycles. The number of aromatic hydroxyl groups is 1. The summed E-state index contributed by atoms with van der Waals surface area (Å²) in [5, 5.41) is 13.3. The van der Waals surface area contributed by atoms with Gasteiger partial charge in [-0.2, -0.15) is 13.1 Å². The number of hydrogen-bond acceptors (Lipinski definition) is 7. The molecule has 3 aromatic rings.